The van der Waals surface area contributed by atoms with Crippen molar-refractivity contribution in [3.05, 3.63) is 23.9 Å². The number of hydrogen-bond acceptors (Lipinski definition) is 5. The van der Waals surface area contributed by atoms with Gasteiger partial charge in [0.2, 0.25) is 5.91 Å². The van der Waals surface area contributed by atoms with Crippen molar-refractivity contribution in [1.29, 1.82) is 0 Å². The number of rotatable bonds is 5. The molecule has 1 aliphatic heterocycles. The van der Waals surface area contributed by atoms with Crippen molar-refractivity contribution in [1.82, 2.24) is 20.1 Å². The Morgan fingerprint density at radius 3 is 2.57 bits per heavy atom. The zero-order chi connectivity index (χ0) is 16.8. The zero-order valence-electron chi connectivity index (χ0n) is 14.1. The zero-order valence-corrected chi connectivity index (χ0v) is 14.1. The Bertz CT molecular complexity index is 553. The van der Waals surface area contributed by atoms with E-state index in [1.807, 2.05) is 23.9 Å². The molecule has 0 radical (unpaired) electrons. The van der Waals surface area contributed by atoms with E-state index in [2.05, 4.69) is 15.2 Å². The molecule has 1 aromatic heterocycles. The molecular formula is C16H25N5O2. The third-order valence-corrected chi connectivity index (χ3v) is 3.99. The number of nitrogens with zero attached hydrogens (tertiary/aromatic N) is 4. The summed E-state index contributed by atoms with van der Waals surface area (Å²) in [5.74, 6) is 0.690. The molecule has 0 aromatic carbocycles. The minimum atomic E-state index is -0.107. The maximum absolute atomic E-state index is 12.3. The fourth-order valence-electron chi connectivity index (χ4n) is 2.64. The second-order valence-electron chi connectivity index (χ2n) is 5.87. The van der Waals surface area contributed by atoms with Gasteiger partial charge in [0.25, 0.3) is 5.91 Å². The molecular weight excluding hydrogens is 294 g/mol. The van der Waals surface area contributed by atoms with Crippen molar-refractivity contribution in [2.45, 2.75) is 6.92 Å². The van der Waals surface area contributed by atoms with Gasteiger partial charge in [-0.3, -0.25) is 14.5 Å². The SMILES string of the molecule is CC(=O)N1CCN(CCNC(=O)c2cccnc2N(C)C)CC1. The van der Waals surface area contributed by atoms with E-state index in [4.69, 9.17) is 0 Å². The molecule has 1 aliphatic rings. The van der Waals surface area contributed by atoms with Crippen LogP contribution in [0.5, 0.6) is 0 Å². The summed E-state index contributed by atoms with van der Waals surface area (Å²) in [4.78, 5) is 33.8. The molecule has 2 rings (SSSR count). The van der Waals surface area contributed by atoms with Crippen LogP contribution in [-0.4, -0.2) is 80.0 Å². The lowest BCUT2D eigenvalue weighted by atomic mass is 10.2. The number of nitrogens with one attached hydrogen (secondary N) is 1. The highest BCUT2D eigenvalue weighted by Gasteiger charge is 2.18. The van der Waals surface area contributed by atoms with Crippen molar-refractivity contribution in [2.75, 3.05) is 58.3 Å². The van der Waals surface area contributed by atoms with E-state index in [0.717, 1.165) is 32.7 Å². The minimum Gasteiger partial charge on any atom is -0.362 e. The van der Waals surface area contributed by atoms with Crippen LogP contribution < -0.4 is 10.2 Å². The van der Waals surface area contributed by atoms with E-state index in [1.165, 1.54) is 0 Å². The summed E-state index contributed by atoms with van der Waals surface area (Å²) < 4.78 is 0. The van der Waals surface area contributed by atoms with E-state index < -0.39 is 0 Å². The minimum absolute atomic E-state index is 0.107. The van der Waals surface area contributed by atoms with Gasteiger partial charge >= 0.3 is 0 Å². The molecule has 0 bridgehead atoms. The number of anilines is 1. The van der Waals surface area contributed by atoms with Gasteiger partial charge in [-0.15, -0.1) is 0 Å². The predicted molar refractivity (Wildman–Crippen MR) is 89.6 cm³/mol. The lowest BCUT2D eigenvalue weighted by Crippen LogP contribution is -2.49. The van der Waals surface area contributed by atoms with Crippen LogP contribution in [0.3, 0.4) is 0 Å². The number of carbonyl (C=O) groups is 2. The van der Waals surface area contributed by atoms with E-state index >= 15 is 0 Å². The Morgan fingerprint density at radius 2 is 1.96 bits per heavy atom. The molecule has 2 heterocycles. The normalized spacial score (nSPS) is 15.3. The number of pyridine rings is 1. The molecule has 1 fully saturated rings. The number of carbonyl (C=O) groups excluding carboxylic acids is 2. The van der Waals surface area contributed by atoms with E-state index in [9.17, 15) is 9.59 Å². The van der Waals surface area contributed by atoms with Gasteiger partial charge in [-0.2, -0.15) is 0 Å². The summed E-state index contributed by atoms with van der Waals surface area (Å²) >= 11 is 0. The molecule has 0 spiro atoms. The summed E-state index contributed by atoms with van der Waals surface area (Å²) in [6.45, 7) is 6.20. The smallest absolute Gasteiger partial charge is 0.255 e. The van der Waals surface area contributed by atoms with E-state index in [0.29, 0.717) is 17.9 Å². The van der Waals surface area contributed by atoms with Crippen LogP contribution in [0.2, 0.25) is 0 Å². The quantitative estimate of drug-likeness (QED) is 0.830. The largest absolute Gasteiger partial charge is 0.362 e. The first-order valence-electron chi connectivity index (χ1n) is 7.87. The maximum atomic E-state index is 12.3. The number of hydrogen-bond donors (Lipinski definition) is 1. The van der Waals surface area contributed by atoms with Crippen LogP contribution in [0.25, 0.3) is 0 Å². The topological polar surface area (TPSA) is 68.8 Å². The van der Waals surface area contributed by atoms with Crippen molar-refractivity contribution < 1.29 is 9.59 Å². The van der Waals surface area contributed by atoms with Gasteiger partial charge in [-0.25, -0.2) is 4.98 Å². The van der Waals surface area contributed by atoms with Crippen molar-refractivity contribution in [3.8, 4) is 0 Å². The third-order valence-electron chi connectivity index (χ3n) is 3.99. The number of piperazine rings is 1. The molecule has 1 N–H and O–H groups in total. The second-order valence-corrected chi connectivity index (χ2v) is 5.87. The van der Waals surface area contributed by atoms with Gasteiger partial charge in [-0.05, 0) is 12.1 Å². The molecule has 0 aliphatic carbocycles. The average Bonchev–Trinajstić information content (AvgIpc) is 2.55. The van der Waals surface area contributed by atoms with Crippen LogP contribution in [-0.2, 0) is 4.79 Å². The van der Waals surface area contributed by atoms with E-state index in [1.54, 1.807) is 25.3 Å². The molecule has 23 heavy (non-hydrogen) atoms. The fraction of sp³-hybridized carbons (Fsp3) is 0.562. The summed E-state index contributed by atoms with van der Waals surface area (Å²) in [7, 11) is 3.74. The lowest BCUT2D eigenvalue weighted by Gasteiger charge is -2.34. The fourth-order valence-corrected chi connectivity index (χ4v) is 2.64. The molecule has 126 valence electrons. The van der Waals surface area contributed by atoms with Crippen molar-refractivity contribution >= 4 is 17.6 Å². The summed E-state index contributed by atoms with van der Waals surface area (Å²) in [5, 5.41) is 2.95. The van der Waals surface area contributed by atoms with Crippen LogP contribution in [0.4, 0.5) is 5.82 Å². The molecule has 0 saturated carbocycles. The summed E-state index contributed by atoms with van der Waals surface area (Å²) in [5.41, 5.74) is 0.582. The summed E-state index contributed by atoms with van der Waals surface area (Å²) in [6.07, 6.45) is 1.68. The Kier molecular flexibility index (Phi) is 5.92. The van der Waals surface area contributed by atoms with Gasteiger partial charge in [0, 0.05) is 66.5 Å². The molecule has 2 amide bonds. The summed E-state index contributed by atoms with van der Waals surface area (Å²) in [6, 6.07) is 3.55. The molecule has 1 aromatic rings. The Labute approximate surface area is 137 Å². The Balaban J connectivity index is 1.79. The molecule has 7 heteroatoms. The van der Waals surface area contributed by atoms with Crippen LogP contribution in [0, 0.1) is 0 Å². The molecule has 7 nitrogen and oxygen atoms in total. The number of amides is 2. The van der Waals surface area contributed by atoms with Crippen LogP contribution in [0.1, 0.15) is 17.3 Å². The highest BCUT2D eigenvalue weighted by atomic mass is 16.2. The maximum Gasteiger partial charge on any atom is 0.255 e. The lowest BCUT2D eigenvalue weighted by molar-refractivity contribution is -0.130. The van der Waals surface area contributed by atoms with Gasteiger partial charge in [0.05, 0.1) is 5.56 Å². The first-order chi connectivity index (χ1) is 11.0. The molecule has 1 saturated heterocycles. The van der Waals surface area contributed by atoms with Crippen LogP contribution >= 0.6 is 0 Å². The second kappa shape index (κ2) is 7.92. The molecule has 0 unspecified atom stereocenters. The van der Waals surface area contributed by atoms with E-state index in [-0.39, 0.29) is 11.8 Å². The number of aromatic nitrogens is 1. The van der Waals surface area contributed by atoms with Crippen molar-refractivity contribution in [3.63, 3.8) is 0 Å². The predicted octanol–water partition coefficient (Wildman–Crippen LogP) is 0.0415. The van der Waals surface area contributed by atoms with Crippen LogP contribution in [0.15, 0.2) is 18.3 Å². The third kappa shape index (κ3) is 4.66. The van der Waals surface area contributed by atoms with Crippen molar-refractivity contribution in [2.24, 2.45) is 0 Å². The van der Waals surface area contributed by atoms with Gasteiger partial charge < -0.3 is 15.1 Å². The van der Waals surface area contributed by atoms with Gasteiger partial charge in [0.15, 0.2) is 0 Å². The standard InChI is InChI=1S/C16H25N5O2/c1-13(22)21-11-9-20(10-12-21)8-7-18-16(23)14-5-4-6-17-15(14)19(2)3/h4-6H,7-12H2,1-3H3,(H,18,23). The highest BCUT2D eigenvalue weighted by molar-refractivity contribution is 5.98. The van der Waals surface area contributed by atoms with Gasteiger partial charge in [-0.1, -0.05) is 0 Å². The highest BCUT2D eigenvalue weighted by Crippen LogP contribution is 2.13. The first-order valence-corrected chi connectivity index (χ1v) is 7.87. The van der Waals surface area contributed by atoms with Gasteiger partial charge in [0.1, 0.15) is 5.82 Å². The first kappa shape index (κ1) is 17.2. The Morgan fingerprint density at radius 1 is 1.26 bits per heavy atom. The Hall–Kier alpha value is -2.15. The average molecular weight is 319 g/mol. The monoisotopic (exact) mass is 319 g/mol. The molecule has 0 atom stereocenters.